The summed E-state index contributed by atoms with van der Waals surface area (Å²) in [5.41, 5.74) is 15.6. The van der Waals surface area contributed by atoms with Crippen molar-refractivity contribution in [3.63, 3.8) is 0 Å². The fourth-order valence-corrected chi connectivity index (χ4v) is 6.92. The highest BCUT2D eigenvalue weighted by Crippen LogP contribution is 2.33. The van der Waals surface area contributed by atoms with Crippen molar-refractivity contribution in [1.82, 2.24) is 0 Å². The van der Waals surface area contributed by atoms with Crippen LogP contribution in [0.2, 0.25) is 0 Å². The van der Waals surface area contributed by atoms with Crippen molar-refractivity contribution < 1.29 is 13.7 Å². The van der Waals surface area contributed by atoms with E-state index in [-0.39, 0.29) is 0 Å². The normalized spacial score (nSPS) is 12.9. The molecule has 224 valence electrons. The Morgan fingerprint density at radius 2 is 1.13 bits per heavy atom. The van der Waals surface area contributed by atoms with Crippen LogP contribution in [-0.4, -0.2) is 0 Å². The standard InChI is InChI=1S/C44H36N3/c1-32-16-6-8-20-36(32)41-24-12-14-26-45(41)31-44-39-23-11-10-22-38(39)43-28-33(2)40(34-17-4-3-5-18-34)30-46(43)29-35-19-7-9-21-37(35)42-25-13-15-27-47(42)44/h3-28,30-31H,29H2,1-2H3/q+3/b44-31-. The van der Waals surface area contributed by atoms with Gasteiger partial charge in [-0.15, -0.1) is 0 Å². The fourth-order valence-electron chi connectivity index (χ4n) is 6.92. The van der Waals surface area contributed by atoms with Crippen LogP contribution >= 0.6 is 0 Å². The average molecular weight is 607 g/mol. The highest BCUT2D eigenvalue weighted by atomic mass is 15.0. The molecule has 4 heterocycles. The van der Waals surface area contributed by atoms with E-state index in [0.29, 0.717) is 0 Å². The molecule has 47 heavy (non-hydrogen) atoms. The third kappa shape index (κ3) is 5.26. The minimum Gasteiger partial charge on any atom is -0.193 e. The number of aromatic nitrogens is 3. The van der Waals surface area contributed by atoms with E-state index < -0.39 is 0 Å². The van der Waals surface area contributed by atoms with Gasteiger partial charge in [0.1, 0.15) is 0 Å². The molecule has 0 aliphatic carbocycles. The van der Waals surface area contributed by atoms with Gasteiger partial charge in [0.05, 0.1) is 16.7 Å². The van der Waals surface area contributed by atoms with Crippen molar-refractivity contribution in [2.45, 2.75) is 20.4 Å². The molecule has 0 radical (unpaired) electrons. The molecule has 0 saturated carbocycles. The van der Waals surface area contributed by atoms with Crippen LogP contribution in [0, 0.1) is 13.8 Å². The van der Waals surface area contributed by atoms with E-state index in [1.807, 2.05) is 0 Å². The van der Waals surface area contributed by atoms with E-state index in [0.717, 1.165) is 29.2 Å². The minimum atomic E-state index is 0.749. The molecule has 8 rings (SSSR count). The first-order valence-corrected chi connectivity index (χ1v) is 16.2. The summed E-state index contributed by atoms with van der Waals surface area (Å²) in [6.07, 6.45) is 9.00. The van der Waals surface area contributed by atoms with Crippen LogP contribution in [0.1, 0.15) is 22.3 Å². The first-order valence-electron chi connectivity index (χ1n) is 16.2. The first-order chi connectivity index (χ1) is 23.2. The number of nitrogens with zero attached hydrogens (tertiary/aromatic N) is 3. The lowest BCUT2D eigenvalue weighted by molar-refractivity contribution is -0.677. The van der Waals surface area contributed by atoms with Crippen molar-refractivity contribution in [2.24, 2.45) is 0 Å². The zero-order valence-corrected chi connectivity index (χ0v) is 26.7. The molecule has 0 atom stereocenters. The molecule has 3 aromatic heterocycles. The van der Waals surface area contributed by atoms with Crippen molar-refractivity contribution in [2.75, 3.05) is 0 Å². The van der Waals surface area contributed by atoms with Crippen LogP contribution in [0.15, 0.2) is 164 Å². The topological polar surface area (TPSA) is 11.6 Å². The lowest BCUT2D eigenvalue weighted by Gasteiger charge is -2.16. The summed E-state index contributed by atoms with van der Waals surface area (Å²) in [5.74, 6) is 0. The molecule has 7 aromatic rings. The van der Waals surface area contributed by atoms with Gasteiger partial charge in [0.15, 0.2) is 25.1 Å². The molecule has 0 N–H and O–H groups in total. The number of fused-ring (bicyclic) bond motifs is 6. The Morgan fingerprint density at radius 3 is 1.94 bits per heavy atom. The highest BCUT2D eigenvalue weighted by molar-refractivity contribution is 5.81. The summed E-state index contributed by atoms with van der Waals surface area (Å²) in [7, 11) is 0. The monoisotopic (exact) mass is 606 g/mol. The number of rotatable bonds is 3. The largest absolute Gasteiger partial charge is 0.283 e. The number of benzene rings is 4. The zero-order valence-electron chi connectivity index (χ0n) is 26.7. The van der Waals surface area contributed by atoms with Gasteiger partial charge in [-0.1, -0.05) is 78.9 Å². The first kappa shape index (κ1) is 28.5. The zero-order chi connectivity index (χ0) is 31.7. The summed E-state index contributed by atoms with van der Waals surface area (Å²) >= 11 is 0. The Morgan fingerprint density at radius 1 is 0.489 bits per heavy atom. The van der Waals surface area contributed by atoms with E-state index >= 15 is 0 Å². The molecule has 3 heteroatoms. The van der Waals surface area contributed by atoms with Gasteiger partial charge < -0.3 is 0 Å². The lowest BCUT2D eigenvalue weighted by atomic mass is 9.94. The molecule has 0 saturated heterocycles. The van der Waals surface area contributed by atoms with Crippen molar-refractivity contribution in [1.29, 1.82) is 0 Å². The number of aryl methyl sites for hydroxylation is 2. The SMILES string of the molecule is Cc1cc2[n+](cc1-c1ccccc1)Cc1ccccc1-c1cccc[n+]1/C(=C\[n+]1ccccc1-c1ccccc1C)c1ccccc1-2. The molecule has 0 fully saturated rings. The Kier molecular flexibility index (Phi) is 7.35. The maximum absolute atomic E-state index is 2.44. The second-order valence-electron chi connectivity index (χ2n) is 12.2. The number of hydrogen-bond donors (Lipinski definition) is 0. The number of pyridine rings is 3. The molecule has 0 unspecified atom stereocenters. The molecular weight excluding hydrogens is 571 g/mol. The molecule has 1 aliphatic heterocycles. The van der Waals surface area contributed by atoms with Crippen LogP contribution in [0.25, 0.3) is 56.8 Å². The van der Waals surface area contributed by atoms with Crippen molar-refractivity contribution in [3.05, 3.63) is 186 Å². The molecule has 1 aliphatic rings. The van der Waals surface area contributed by atoms with Gasteiger partial charge in [-0.3, -0.25) is 0 Å². The Hall–Kier alpha value is -5.93. The van der Waals surface area contributed by atoms with Crippen LogP contribution in [0.3, 0.4) is 0 Å². The van der Waals surface area contributed by atoms with Gasteiger partial charge in [0.25, 0.3) is 5.70 Å². The second-order valence-corrected chi connectivity index (χ2v) is 12.2. The van der Waals surface area contributed by atoms with Gasteiger partial charge in [0.2, 0.25) is 23.3 Å². The fraction of sp³-hybridized carbons (Fsp3) is 0.0682. The van der Waals surface area contributed by atoms with Gasteiger partial charge in [-0.05, 0) is 66.9 Å². The highest BCUT2D eigenvalue weighted by Gasteiger charge is 2.32. The summed E-state index contributed by atoms with van der Waals surface area (Å²) in [5, 5.41) is 0. The maximum Gasteiger partial charge on any atom is 0.283 e. The summed E-state index contributed by atoms with van der Waals surface area (Å²) in [6, 6.07) is 52.3. The second kappa shape index (κ2) is 12.1. The van der Waals surface area contributed by atoms with E-state index in [2.05, 4.69) is 198 Å². The summed E-state index contributed by atoms with van der Waals surface area (Å²) < 4.78 is 7.07. The quantitative estimate of drug-likeness (QED) is 0.178. The van der Waals surface area contributed by atoms with Gasteiger partial charge >= 0.3 is 0 Å². The smallest absolute Gasteiger partial charge is 0.193 e. The molecular formula is C44H36N3+3. The maximum atomic E-state index is 2.44. The molecule has 0 amide bonds. The Balaban J connectivity index is 1.46. The Labute approximate surface area is 276 Å². The molecule has 3 nitrogen and oxygen atoms in total. The van der Waals surface area contributed by atoms with Crippen LogP contribution < -0.4 is 13.7 Å². The van der Waals surface area contributed by atoms with Crippen LogP contribution in [-0.2, 0) is 6.54 Å². The summed E-state index contributed by atoms with van der Waals surface area (Å²) in [4.78, 5) is 0. The predicted octanol–water partition coefficient (Wildman–Crippen LogP) is 8.70. The Bertz CT molecular complexity index is 2300. The van der Waals surface area contributed by atoms with Gasteiger partial charge in [-0.25, -0.2) is 0 Å². The van der Waals surface area contributed by atoms with Crippen LogP contribution in [0.5, 0.6) is 0 Å². The third-order valence-corrected chi connectivity index (χ3v) is 9.26. The average Bonchev–Trinajstić information content (AvgIpc) is 3.12. The molecule has 4 aromatic carbocycles. The van der Waals surface area contributed by atoms with Gasteiger partial charge in [-0.2, -0.15) is 13.7 Å². The molecule has 0 bridgehead atoms. The predicted molar refractivity (Wildman–Crippen MR) is 190 cm³/mol. The van der Waals surface area contributed by atoms with E-state index in [9.17, 15) is 0 Å². The molecule has 0 spiro atoms. The number of hydrogen-bond acceptors (Lipinski definition) is 0. The van der Waals surface area contributed by atoms with E-state index in [1.54, 1.807) is 0 Å². The summed E-state index contributed by atoms with van der Waals surface area (Å²) in [6.45, 7) is 5.16. The van der Waals surface area contributed by atoms with E-state index in [4.69, 9.17) is 0 Å². The minimum absolute atomic E-state index is 0.749. The van der Waals surface area contributed by atoms with Crippen molar-refractivity contribution in [3.8, 4) is 44.9 Å². The van der Waals surface area contributed by atoms with Crippen LogP contribution in [0.4, 0.5) is 0 Å². The van der Waals surface area contributed by atoms with Gasteiger partial charge in [0, 0.05) is 47.0 Å². The third-order valence-electron chi connectivity index (χ3n) is 9.26. The van der Waals surface area contributed by atoms with Crippen molar-refractivity contribution >= 4 is 11.9 Å². The van der Waals surface area contributed by atoms with E-state index in [1.165, 1.54) is 50.2 Å². The lowest BCUT2D eigenvalue weighted by Crippen LogP contribution is -2.42.